The standard InChI is InChI=1S/C25H25BrClN5O2/c26-20-17-30-32-23(16-22(31-25(20)32)19-10-4-5-11-21(19)27)28-13-6-7-14-29-24(33)12-15-34-18-8-2-1-3-9-18/h1-5,8-11,16-17,28H,6-7,12-15H2,(H,29,33). The van der Waals surface area contributed by atoms with Crippen molar-refractivity contribution in [2.45, 2.75) is 19.3 Å². The molecule has 0 bridgehead atoms. The maximum Gasteiger partial charge on any atom is 0.223 e. The maximum absolute atomic E-state index is 12.0. The van der Waals surface area contributed by atoms with E-state index in [1.807, 2.05) is 60.7 Å². The topological polar surface area (TPSA) is 80.5 Å². The number of carbonyl (C=O) groups is 1. The molecule has 0 unspecified atom stereocenters. The Balaban J connectivity index is 1.24. The van der Waals surface area contributed by atoms with Crippen molar-refractivity contribution in [1.29, 1.82) is 0 Å². The molecule has 2 aromatic carbocycles. The van der Waals surface area contributed by atoms with E-state index in [1.165, 1.54) is 0 Å². The van der Waals surface area contributed by atoms with Crippen LogP contribution in [0.25, 0.3) is 16.9 Å². The number of hydrogen-bond acceptors (Lipinski definition) is 5. The first-order valence-electron chi connectivity index (χ1n) is 11.1. The summed E-state index contributed by atoms with van der Waals surface area (Å²) < 4.78 is 8.13. The highest BCUT2D eigenvalue weighted by Crippen LogP contribution is 2.30. The number of aromatic nitrogens is 3. The first-order chi connectivity index (χ1) is 16.6. The van der Waals surface area contributed by atoms with E-state index in [4.69, 9.17) is 21.3 Å². The Labute approximate surface area is 211 Å². The van der Waals surface area contributed by atoms with Gasteiger partial charge in [0, 0.05) is 29.7 Å². The van der Waals surface area contributed by atoms with Crippen LogP contribution in [0.3, 0.4) is 0 Å². The predicted octanol–water partition coefficient (Wildman–Crippen LogP) is 5.59. The molecule has 0 saturated carbocycles. The zero-order chi connectivity index (χ0) is 23.8. The first-order valence-corrected chi connectivity index (χ1v) is 12.3. The third-order valence-electron chi connectivity index (χ3n) is 5.15. The third-order valence-corrected chi connectivity index (χ3v) is 6.04. The zero-order valence-corrected chi connectivity index (χ0v) is 20.8. The smallest absolute Gasteiger partial charge is 0.223 e. The molecule has 0 aliphatic rings. The Morgan fingerprint density at radius 2 is 1.82 bits per heavy atom. The van der Waals surface area contributed by atoms with E-state index in [9.17, 15) is 4.79 Å². The SMILES string of the molecule is O=C(CCOc1ccccc1)NCCCCNc1cc(-c2ccccc2Cl)nc2c(Br)cnn12. The number of fused-ring (bicyclic) bond motifs is 1. The minimum Gasteiger partial charge on any atom is -0.493 e. The van der Waals surface area contributed by atoms with Gasteiger partial charge in [-0.15, -0.1) is 0 Å². The average molecular weight is 543 g/mol. The van der Waals surface area contributed by atoms with Crippen LogP contribution in [0.2, 0.25) is 5.02 Å². The molecule has 0 spiro atoms. The van der Waals surface area contributed by atoms with Crippen LogP contribution in [-0.4, -0.2) is 40.2 Å². The number of rotatable bonds is 11. The highest BCUT2D eigenvalue weighted by molar-refractivity contribution is 9.10. The van der Waals surface area contributed by atoms with Crippen molar-refractivity contribution < 1.29 is 9.53 Å². The number of nitrogens with one attached hydrogen (secondary N) is 2. The summed E-state index contributed by atoms with van der Waals surface area (Å²) in [6, 6.07) is 19.1. The van der Waals surface area contributed by atoms with Crippen molar-refractivity contribution >= 4 is 44.9 Å². The fraction of sp³-hybridized carbons (Fsp3) is 0.240. The molecule has 34 heavy (non-hydrogen) atoms. The summed E-state index contributed by atoms with van der Waals surface area (Å²) >= 11 is 9.91. The monoisotopic (exact) mass is 541 g/mol. The van der Waals surface area contributed by atoms with E-state index >= 15 is 0 Å². The lowest BCUT2D eigenvalue weighted by atomic mass is 10.1. The van der Waals surface area contributed by atoms with Crippen LogP contribution in [0.15, 0.2) is 71.3 Å². The summed E-state index contributed by atoms with van der Waals surface area (Å²) in [6.07, 6.45) is 3.79. The van der Waals surface area contributed by atoms with Crippen molar-refractivity contribution in [3.8, 4) is 17.0 Å². The molecular formula is C25H25BrClN5O2. The van der Waals surface area contributed by atoms with Gasteiger partial charge in [-0.05, 0) is 47.0 Å². The van der Waals surface area contributed by atoms with Crippen molar-refractivity contribution in [3.05, 3.63) is 76.4 Å². The minimum absolute atomic E-state index is 0.00879. The van der Waals surface area contributed by atoms with Crippen molar-refractivity contribution in [1.82, 2.24) is 19.9 Å². The summed E-state index contributed by atoms with van der Waals surface area (Å²) in [7, 11) is 0. The van der Waals surface area contributed by atoms with Crippen LogP contribution in [0.1, 0.15) is 19.3 Å². The number of ether oxygens (including phenoxy) is 1. The molecule has 7 nitrogen and oxygen atoms in total. The van der Waals surface area contributed by atoms with E-state index in [1.54, 1.807) is 10.7 Å². The second kappa shape index (κ2) is 11.9. The first kappa shape index (κ1) is 24.0. The molecule has 0 radical (unpaired) electrons. The number of nitrogens with zero attached hydrogens (tertiary/aromatic N) is 3. The van der Waals surface area contributed by atoms with E-state index in [-0.39, 0.29) is 5.91 Å². The van der Waals surface area contributed by atoms with Crippen LogP contribution in [0.5, 0.6) is 5.75 Å². The van der Waals surface area contributed by atoms with Crippen molar-refractivity contribution in [3.63, 3.8) is 0 Å². The molecular weight excluding hydrogens is 518 g/mol. The zero-order valence-electron chi connectivity index (χ0n) is 18.5. The van der Waals surface area contributed by atoms with Gasteiger partial charge in [-0.1, -0.05) is 48.0 Å². The lowest BCUT2D eigenvalue weighted by Crippen LogP contribution is -2.26. The van der Waals surface area contributed by atoms with Gasteiger partial charge in [-0.2, -0.15) is 9.61 Å². The summed E-state index contributed by atoms with van der Waals surface area (Å²) in [4.78, 5) is 16.7. The Bertz CT molecular complexity index is 1250. The molecule has 0 aliphatic heterocycles. The number of benzene rings is 2. The van der Waals surface area contributed by atoms with Crippen LogP contribution in [0, 0.1) is 0 Å². The largest absolute Gasteiger partial charge is 0.493 e. The molecule has 2 aromatic heterocycles. The number of carbonyl (C=O) groups excluding carboxylic acids is 1. The average Bonchev–Trinajstić information content (AvgIpc) is 3.23. The minimum atomic E-state index is -0.00879. The third kappa shape index (κ3) is 6.27. The molecule has 2 N–H and O–H groups in total. The van der Waals surface area contributed by atoms with Gasteiger partial charge in [-0.3, -0.25) is 4.79 Å². The normalized spacial score (nSPS) is 10.9. The number of para-hydroxylation sites is 1. The van der Waals surface area contributed by atoms with Crippen LogP contribution < -0.4 is 15.4 Å². The molecule has 1 amide bonds. The van der Waals surface area contributed by atoms with Gasteiger partial charge < -0.3 is 15.4 Å². The number of halogens is 2. The summed E-state index contributed by atoms with van der Waals surface area (Å²) in [5, 5.41) is 11.4. The molecule has 9 heteroatoms. The van der Waals surface area contributed by atoms with Gasteiger partial charge >= 0.3 is 0 Å². The molecule has 4 rings (SSSR count). The Morgan fingerprint density at radius 1 is 1.06 bits per heavy atom. The Morgan fingerprint density at radius 3 is 2.65 bits per heavy atom. The highest BCUT2D eigenvalue weighted by atomic mass is 79.9. The summed E-state index contributed by atoms with van der Waals surface area (Å²) in [6.45, 7) is 1.71. The maximum atomic E-state index is 12.0. The van der Waals surface area contributed by atoms with Crippen molar-refractivity contribution in [2.24, 2.45) is 0 Å². The van der Waals surface area contributed by atoms with Gasteiger partial charge in [0.1, 0.15) is 11.6 Å². The Kier molecular flexibility index (Phi) is 8.38. The molecule has 0 fully saturated rings. The van der Waals surface area contributed by atoms with E-state index < -0.39 is 0 Å². The lowest BCUT2D eigenvalue weighted by Gasteiger charge is -2.12. The van der Waals surface area contributed by atoms with Gasteiger partial charge in [-0.25, -0.2) is 4.98 Å². The molecule has 4 aromatic rings. The predicted molar refractivity (Wildman–Crippen MR) is 138 cm³/mol. The van der Waals surface area contributed by atoms with Crippen molar-refractivity contribution in [2.75, 3.05) is 25.0 Å². The highest BCUT2D eigenvalue weighted by Gasteiger charge is 2.13. The van der Waals surface area contributed by atoms with Gasteiger partial charge in [0.25, 0.3) is 0 Å². The lowest BCUT2D eigenvalue weighted by molar-refractivity contribution is -0.121. The summed E-state index contributed by atoms with van der Waals surface area (Å²) in [5.41, 5.74) is 2.35. The fourth-order valence-corrected chi connectivity index (χ4v) is 4.01. The molecule has 0 aliphatic carbocycles. The molecule has 0 atom stereocenters. The quantitative estimate of drug-likeness (QED) is 0.242. The number of anilines is 1. The molecule has 2 heterocycles. The van der Waals surface area contributed by atoms with E-state index in [2.05, 4.69) is 31.7 Å². The summed E-state index contributed by atoms with van der Waals surface area (Å²) in [5.74, 6) is 1.59. The van der Waals surface area contributed by atoms with E-state index in [0.717, 1.165) is 46.7 Å². The van der Waals surface area contributed by atoms with Crippen LogP contribution in [-0.2, 0) is 4.79 Å². The van der Waals surface area contributed by atoms with Crippen LogP contribution in [0.4, 0.5) is 5.82 Å². The number of hydrogen-bond donors (Lipinski definition) is 2. The molecule has 176 valence electrons. The number of amides is 1. The number of unbranched alkanes of at least 4 members (excludes halogenated alkanes) is 1. The van der Waals surface area contributed by atoms with E-state index in [0.29, 0.717) is 30.2 Å². The second-order valence-corrected chi connectivity index (χ2v) is 8.89. The molecule has 0 saturated heterocycles. The van der Waals surface area contributed by atoms with Gasteiger partial charge in [0.15, 0.2) is 5.65 Å². The van der Waals surface area contributed by atoms with Gasteiger partial charge in [0.05, 0.1) is 29.4 Å². The fourth-order valence-electron chi connectivity index (χ4n) is 3.43. The van der Waals surface area contributed by atoms with Crippen LogP contribution >= 0.6 is 27.5 Å². The Hall–Kier alpha value is -3.10. The second-order valence-electron chi connectivity index (χ2n) is 7.63. The van der Waals surface area contributed by atoms with Gasteiger partial charge in [0.2, 0.25) is 5.91 Å².